The number of aliphatic hydroxyl groups is 1. The number of methoxy groups -OCH3 is 3. The molecule has 3 aromatic rings. The number of nitrogens with one attached hydrogen (secondary N) is 1. The normalized spacial score (nSPS) is 37.4. The average molecular weight is 807 g/mol. The highest BCUT2D eigenvalue weighted by Gasteiger charge is 2.85. The van der Waals surface area contributed by atoms with Gasteiger partial charge in [-0.25, -0.2) is 4.79 Å². The van der Waals surface area contributed by atoms with Crippen LogP contribution in [0.25, 0.3) is 10.9 Å². The second kappa shape index (κ2) is 13.1. The number of carbonyl (C=O) groups is 4. The first-order chi connectivity index (χ1) is 28.4. The number of ether oxygens (including phenoxy) is 4. The third kappa shape index (κ3) is 4.72. The molecule has 59 heavy (non-hydrogen) atoms. The van der Waals surface area contributed by atoms with Crippen LogP contribution in [0.15, 0.2) is 48.0 Å². The molecule has 10 rings (SSSR count). The molecule has 2 saturated carbocycles. The fraction of sp³-hybridized carbons (Fsp3) is 0.565. The zero-order chi connectivity index (χ0) is 41.4. The van der Waals surface area contributed by atoms with Crippen molar-refractivity contribution in [3.63, 3.8) is 0 Å². The fourth-order valence-electron chi connectivity index (χ4n) is 14.1. The molecule has 1 unspecified atom stereocenters. The van der Waals surface area contributed by atoms with Crippen molar-refractivity contribution in [1.82, 2.24) is 14.8 Å². The third-order valence-corrected chi connectivity index (χ3v) is 16.0. The van der Waals surface area contributed by atoms with E-state index in [9.17, 15) is 19.5 Å². The van der Waals surface area contributed by atoms with Gasteiger partial charge in [-0.1, -0.05) is 43.7 Å². The molecule has 1 aromatic heterocycles. The molecule has 2 aromatic carbocycles. The zero-order valence-corrected chi connectivity index (χ0v) is 34.7. The van der Waals surface area contributed by atoms with E-state index in [1.54, 1.807) is 13.2 Å². The first-order valence-corrected chi connectivity index (χ1v) is 21.2. The summed E-state index contributed by atoms with van der Waals surface area (Å²) in [5.41, 5.74) is 0.0333. The molecule has 4 fully saturated rings. The largest absolute Gasteiger partial charge is 0.496 e. The summed E-state index contributed by atoms with van der Waals surface area (Å²) in [6.07, 6.45) is 4.85. The minimum Gasteiger partial charge on any atom is -0.496 e. The number of anilines is 1. The van der Waals surface area contributed by atoms with Gasteiger partial charge in [-0.15, -0.1) is 0 Å². The van der Waals surface area contributed by atoms with Crippen LogP contribution in [0.5, 0.6) is 5.75 Å². The Balaban J connectivity index is 1.30. The Morgan fingerprint density at radius 3 is 2.47 bits per heavy atom. The van der Waals surface area contributed by atoms with Gasteiger partial charge in [-0.2, -0.15) is 0 Å². The number of rotatable bonds is 8. The molecular weight excluding hydrogens is 753 g/mol. The second-order valence-corrected chi connectivity index (χ2v) is 18.3. The van der Waals surface area contributed by atoms with Crippen molar-refractivity contribution < 1.29 is 43.2 Å². The number of fused-ring (bicyclic) bond motifs is 8. The Labute approximate surface area is 344 Å². The predicted molar refractivity (Wildman–Crippen MR) is 217 cm³/mol. The molecule has 11 atom stereocenters. The second-order valence-electron chi connectivity index (χ2n) is 18.3. The molecule has 13 nitrogen and oxygen atoms in total. The van der Waals surface area contributed by atoms with Gasteiger partial charge in [0.05, 0.1) is 33.1 Å². The highest BCUT2D eigenvalue weighted by molar-refractivity contribution is 5.96. The summed E-state index contributed by atoms with van der Waals surface area (Å²) in [6, 6.07) is 10.4. The van der Waals surface area contributed by atoms with E-state index >= 15 is 4.79 Å². The summed E-state index contributed by atoms with van der Waals surface area (Å²) >= 11 is 0. The number of amides is 1. The van der Waals surface area contributed by atoms with E-state index in [4.69, 9.17) is 18.9 Å². The van der Waals surface area contributed by atoms with E-state index in [-0.39, 0.29) is 17.9 Å². The van der Waals surface area contributed by atoms with Crippen molar-refractivity contribution in [3.8, 4) is 5.75 Å². The van der Waals surface area contributed by atoms with Crippen LogP contribution in [0, 0.1) is 23.2 Å². The lowest BCUT2D eigenvalue weighted by atomic mass is 9.46. The lowest BCUT2D eigenvalue weighted by molar-refractivity contribution is -0.245. The van der Waals surface area contributed by atoms with Crippen molar-refractivity contribution in [2.45, 2.75) is 94.0 Å². The molecular formula is C46H54N4O9. The van der Waals surface area contributed by atoms with Crippen LogP contribution in [-0.2, 0) is 50.8 Å². The van der Waals surface area contributed by atoms with Gasteiger partial charge in [0.1, 0.15) is 11.2 Å². The number of aromatic amines is 1. The zero-order valence-electron chi connectivity index (χ0n) is 34.7. The smallest absolute Gasteiger partial charge is 0.344 e. The number of nitrogens with zero attached hydrogens (tertiary/aromatic N) is 3. The third-order valence-electron chi connectivity index (χ3n) is 16.0. The SMILES string of the molecule is CCC1=C[C@H]2CN(C1)Cc1c([nH]c3ccccc13)[C@@](C(=O)OC)(c1cc3c(cc1OC)N(C=O)[C@H]1[C@@](O)(C(=O)OC)[C@H](OC(C)=O)[C@]4(CC)[C@@H]5C[C@@H]5CN5CC[C@]31[C@@H]54)C2. The number of benzene rings is 2. The number of aromatic nitrogens is 1. The number of carbonyl (C=O) groups excluding carboxylic acids is 4. The summed E-state index contributed by atoms with van der Waals surface area (Å²) in [5.74, 6) is -1.30. The minimum atomic E-state index is -2.45. The molecule has 2 aliphatic carbocycles. The highest BCUT2D eigenvalue weighted by atomic mass is 16.6. The van der Waals surface area contributed by atoms with E-state index < -0.39 is 51.9 Å². The van der Waals surface area contributed by atoms with Crippen LogP contribution >= 0.6 is 0 Å². The van der Waals surface area contributed by atoms with Crippen LogP contribution in [0.1, 0.15) is 75.3 Å². The average Bonchev–Trinajstić information content (AvgIpc) is 3.69. The molecule has 6 heterocycles. The summed E-state index contributed by atoms with van der Waals surface area (Å²) < 4.78 is 23.9. The van der Waals surface area contributed by atoms with Gasteiger partial charge in [-0.05, 0) is 79.7 Å². The summed E-state index contributed by atoms with van der Waals surface area (Å²) in [7, 11) is 4.21. The van der Waals surface area contributed by atoms with Gasteiger partial charge in [0.15, 0.2) is 6.10 Å². The molecule has 1 amide bonds. The van der Waals surface area contributed by atoms with Crippen molar-refractivity contribution in [2.75, 3.05) is 52.4 Å². The standard InChI is InChI=1S/C46H54N4O9/c1-7-26-15-27-19-45(41(53)57-5,37-30(23-48(20-26)21-27)29-11-9-10-12-34(29)47-37)33-17-32-35(18-36(33)56-4)50(24-51)39-44(32)13-14-49-22-28-16-31(28)43(8-2,38(44)49)40(59-25(3)52)46(39,55)42(54)58-6/h9-12,15,17-18,24,27-28,31,38-40,47,55H,7-8,13-14,16,19-23H2,1-6H3/t27-,28-,31-,38+,39-,40-,43-,44-,45+,46+/m1/s1. The number of esters is 3. The fourth-order valence-corrected chi connectivity index (χ4v) is 14.1. The molecule has 2 N–H and O–H groups in total. The van der Waals surface area contributed by atoms with Gasteiger partial charge in [0.25, 0.3) is 0 Å². The number of piperidine rings is 1. The quantitative estimate of drug-likeness (QED) is 0.145. The van der Waals surface area contributed by atoms with Crippen LogP contribution in [0.2, 0.25) is 0 Å². The van der Waals surface area contributed by atoms with Gasteiger partial charge in [0, 0.05) is 78.2 Å². The van der Waals surface area contributed by atoms with Gasteiger partial charge in [-0.3, -0.25) is 24.2 Å². The first-order valence-electron chi connectivity index (χ1n) is 21.2. The predicted octanol–water partition coefficient (Wildman–Crippen LogP) is 4.36. The maximum atomic E-state index is 15.2. The molecule has 312 valence electrons. The molecule has 13 heteroatoms. The van der Waals surface area contributed by atoms with Crippen molar-refractivity contribution >= 4 is 40.9 Å². The molecule has 7 aliphatic rings. The van der Waals surface area contributed by atoms with Gasteiger partial charge in [0.2, 0.25) is 12.0 Å². The Morgan fingerprint density at radius 1 is 1.00 bits per heavy atom. The number of H-pyrrole nitrogens is 1. The molecule has 2 bridgehead atoms. The Morgan fingerprint density at radius 2 is 1.78 bits per heavy atom. The van der Waals surface area contributed by atoms with Crippen LogP contribution < -0.4 is 9.64 Å². The lowest BCUT2D eigenvalue weighted by Crippen LogP contribution is -2.82. The Kier molecular flexibility index (Phi) is 8.57. The monoisotopic (exact) mass is 806 g/mol. The number of para-hydroxylation sites is 1. The van der Waals surface area contributed by atoms with Crippen LogP contribution in [0.3, 0.4) is 0 Å². The highest BCUT2D eigenvalue weighted by Crippen LogP contribution is 2.74. The Bertz CT molecular complexity index is 2340. The Hall–Kier alpha value is -4.72. The molecule has 0 radical (unpaired) electrons. The van der Waals surface area contributed by atoms with E-state index in [0.29, 0.717) is 61.7 Å². The molecule has 2 saturated heterocycles. The topological polar surface area (TPSA) is 151 Å². The van der Waals surface area contributed by atoms with Crippen LogP contribution in [-0.4, -0.2) is 116 Å². The van der Waals surface area contributed by atoms with Crippen molar-refractivity contribution in [3.05, 3.63) is 70.4 Å². The maximum absolute atomic E-state index is 15.2. The van der Waals surface area contributed by atoms with Crippen molar-refractivity contribution in [2.24, 2.45) is 23.2 Å². The van der Waals surface area contributed by atoms with Crippen LogP contribution in [0.4, 0.5) is 5.69 Å². The first kappa shape index (κ1) is 38.5. The summed E-state index contributed by atoms with van der Waals surface area (Å²) in [4.78, 5) is 66.7. The van der Waals surface area contributed by atoms with Gasteiger partial charge < -0.3 is 33.9 Å². The summed E-state index contributed by atoms with van der Waals surface area (Å²) in [5, 5.41) is 14.5. The summed E-state index contributed by atoms with van der Waals surface area (Å²) in [6.45, 7) is 9.20. The van der Waals surface area contributed by atoms with E-state index in [0.717, 1.165) is 60.2 Å². The molecule has 1 spiro atoms. The van der Waals surface area contributed by atoms with E-state index in [1.165, 1.54) is 31.6 Å². The minimum absolute atomic E-state index is 0.0175. The number of hydrogen-bond donors (Lipinski definition) is 2. The number of hydrogen-bond acceptors (Lipinski definition) is 11. The molecule has 5 aliphatic heterocycles. The van der Waals surface area contributed by atoms with Crippen molar-refractivity contribution in [1.29, 1.82) is 0 Å². The van der Waals surface area contributed by atoms with Gasteiger partial charge >= 0.3 is 17.9 Å². The van der Waals surface area contributed by atoms with E-state index in [2.05, 4.69) is 40.8 Å². The lowest BCUT2D eigenvalue weighted by Gasteiger charge is -2.64. The maximum Gasteiger partial charge on any atom is 0.344 e. The van der Waals surface area contributed by atoms with E-state index in [1.807, 2.05) is 24.3 Å².